The molecule has 0 unspecified atom stereocenters. The van der Waals surface area contributed by atoms with E-state index in [1.807, 2.05) is 40.2 Å². The molecular formula is C11H15N5. The molecule has 2 aromatic rings. The van der Waals surface area contributed by atoms with Gasteiger partial charge in [-0.2, -0.15) is 5.10 Å². The van der Waals surface area contributed by atoms with Crippen molar-refractivity contribution in [2.24, 2.45) is 7.05 Å². The highest BCUT2D eigenvalue weighted by Gasteiger charge is 2.11. The third-order valence-corrected chi connectivity index (χ3v) is 2.45. The summed E-state index contributed by atoms with van der Waals surface area (Å²) in [6.45, 7) is 3.88. The van der Waals surface area contributed by atoms with Crippen molar-refractivity contribution in [3.05, 3.63) is 23.7 Å². The Bertz CT molecular complexity index is 515. The number of anilines is 1. The lowest BCUT2D eigenvalue weighted by atomic mass is 10.2. The van der Waals surface area contributed by atoms with Gasteiger partial charge in [0.1, 0.15) is 17.3 Å². The van der Waals surface area contributed by atoms with Crippen LogP contribution in [-0.2, 0) is 7.05 Å². The second-order valence-electron chi connectivity index (χ2n) is 3.72. The van der Waals surface area contributed by atoms with E-state index >= 15 is 0 Å². The fraction of sp³-hybridized carbons (Fsp3) is 0.364. The van der Waals surface area contributed by atoms with E-state index in [-0.39, 0.29) is 0 Å². The van der Waals surface area contributed by atoms with E-state index < -0.39 is 0 Å². The fourth-order valence-electron chi connectivity index (χ4n) is 1.66. The molecule has 0 radical (unpaired) electrons. The molecule has 2 heterocycles. The van der Waals surface area contributed by atoms with Gasteiger partial charge in [-0.25, -0.2) is 9.97 Å². The quantitative estimate of drug-likeness (QED) is 0.829. The van der Waals surface area contributed by atoms with Gasteiger partial charge >= 0.3 is 0 Å². The maximum atomic E-state index is 4.44. The summed E-state index contributed by atoms with van der Waals surface area (Å²) >= 11 is 0. The molecule has 0 bridgehead atoms. The van der Waals surface area contributed by atoms with Gasteiger partial charge in [-0.05, 0) is 19.9 Å². The third kappa shape index (κ3) is 1.76. The van der Waals surface area contributed by atoms with Crippen molar-refractivity contribution in [2.45, 2.75) is 13.8 Å². The minimum Gasteiger partial charge on any atom is -0.373 e. The number of aryl methyl sites for hydroxylation is 2. The van der Waals surface area contributed by atoms with Crippen molar-refractivity contribution in [1.82, 2.24) is 19.7 Å². The summed E-state index contributed by atoms with van der Waals surface area (Å²) in [6, 6.07) is 1.95. The molecule has 5 nitrogen and oxygen atoms in total. The smallest absolute Gasteiger partial charge is 0.133 e. The monoisotopic (exact) mass is 217 g/mol. The molecule has 84 valence electrons. The van der Waals surface area contributed by atoms with Crippen LogP contribution in [0.4, 0.5) is 5.82 Å². The van der Waals surface area contributed by atoms with E-state index in [2.05, 4.69) is 20.4 Å². The minimum absolute atomic E-state index is 0.746. The van der Waals surface area contributed by atoms with Crippen LogP contribution in [0.2, 0.25) is 0 Å². The molecule has 0 fully saturated rings. The summed E-state index contributed by atoms with van der Waals surface area (Å²) < 4.78 is 1.77. The Morgan fingerprint density at radius 3 is 2.56 bits per heavy atom. The van der Waals surface area contributed by atoms with Gasteiger partial charge in [0, 0.05) is 25.9 Å². The molecule has 0 atom stereocenters. The molecule has 0 saturated heterocycles. The minimum atomic E-state index is 0.746. The van der Waals surface area contributed by atoms with Crippen LogP contribution in [0.25, 0.3) is 11.4 Å². The Labute approximate surface area is 94.5 Å². The molecule has 0 amide bonds. The first kappa shape index (κ1) is 10.6. The molecular weight excluding hydrogens is 202 g/mol. The van der Waals surface area contributed by atoms with Crippen LogP contribution in [0.3, 0.4) is 0 Å². The molecule has 2 rings (SSSR count). The number of hydrogen-bond acceptors (Lipinski definition) is 4. The van der Waals surface area contributed by atoms with Crippen molar-refractivity contribution in [3.8, 4) is 11.4 Å². The summed E-state index contributed by atoms with van der Waals surface area (Å²) in [5.41, 5.74) is 2.78. The predicted molar refractivity (Wildman–Crippen MR) is 63.3 cm³/mol. The Kier molecular flexibility index (Phi) is 2.60. The normalized spacial score (nSPS) is 10.5. The van der Waals surface area contributed by atoms with Crippen LogP contribution in [-0.4, -0.2) is 26.8 Å². The lowest BCUT2D eigenvalue weighted by molar-refractivity contribution is 0.769. The van der Waals surface area contributed by atoms with E-state index in [9.17, 15) is 0 Å². The number of aromatic nitrogens is 4. The molecule has 0 saturated carbocycles. The molecule has 0 aliphatic rings. The zero-order valence-corrected chi connectivity index (χ0v) is 9.94. The van der Waals surface area contributed by atoms with Gasteiger partial charge in [0.25, 0.3) is 0 Å². The van der Waals surface area contributed by atoms with Crippen molar-refractivity contribution < 1.29 is 0 Å². The van der Waals surface area contributed by atoms with Gasteiger partial charge < -0.3 is 5.32 Å². The highest BCUT2D eigenvalue weighted by molar-refractivity contribution is 5.64. The summed E-state index contributed by atoms with van der Waals surface area (Å²) in [5, 5.41) is 7.42. The Morgan fingerprint density at radius 1 is 1.25 bits per heavy atom. The van der Waals surface area contributed by atoms with Gasteiger partial charge in [0.2, 0.25) is 0 Å². The van der Waals surface area contributed by atoms with Crippen LogP contribution >= 0.6 is 0 Å². The lowest BCUT2D eigenvalue weighted by Crippen LogP contribution is -2.03. The maximum Gasteiger partial charge on any atom is 0.133 e. The standard InChI is InChI=1S/C11H15N5/c1-7-10(9-5-6-16(4)15-9)13-8(2)14-11(7)12-3/h5-6H,1-4H3,(H,12,13,14). The van der Waals surface area contributed by atoms with Crippen LogP contribution in [0.15, 0.2) is 12.3 Å². The second kappa shape index (κ2) is 3.92. The second-order valence-corrected chi connectivity index (χ2v) is 3.72. The molecule has 5 heteroatoms. The van der Waals surface area contributed by atoms with E-state index in [4.69, 9.17) is 0 Å². The SMILES string of the molecule is CNc1nc(C)nc(-c2ccn(C)n2)c1C. The van der Waals surface area contributed by atoms with Crippen LogP contribution in [0, 0.1) is 13.8 Å². The maximum absolute atomic E-state index is 4.44. The van der Waals surface area contributed by atoms with Gasteiger partial charge in [-0.15, -0.1) is 0 Å². The largest absolute Gasteiger partial charge is 0.373 e. The summed E-state index contributed by atoms with van der Waals surface area (Å²) in [6.07, 6.45) is 1.91. The topological polar surface area (TPSA) is 55.6 Å². The first-order valence-corrected chi connectivity index (χ1v) is 5.15. The molecule has 0 aliphatic heterocycles. The van der Waals surface area contributed by atoms with Gasteiger partial charge in [-0.1, -0.05) is 0 Å². The zero-order chi connectivity index (χ0) is 11.7. The summed E-state index contributed by atoms with van der Waals surface area (Å²) in [4.78, 5) is 8.77. The molecule has 1 N–H and O–H groups in total. The number of nitrogens with zero attached hydrogens (tertiary/aromatic N) is 4. The van der Waals surface area contributed by atoms with E-state index in [1.165, 1.54) is 0 Å². The molecule has 16 heavy (non-hydrogen) atoms. The van der Waals surface area contributed by atoms with Gasteiger partial charge in [0.05, 0.1) is 5.69 Å². The number of nitrogens with one attached hydrogen (secondary N) is 1. The third-order valence-electron chi connectivity index (χ3n) is 2.45. The van der Waals surface area contributed by atoms with Gasteiger partial charge in [-0.3, -0.25) is 4.68 Å². The lowest BCUT2D eigenvalue weighted by Gasteiger charge is -2.08. The Balaban J connectivity index is 2.60. The van der Waals surface area contributed by atoms with E-state index in [0.717, 1.165) is 28.6 Å². The van der Waals surface area contributed by atoms with Crippen molar-refractivity contribution >= 4 is 5.82 Å². The zero-order valence-electron chi connectivity index (χ0n) is 9.94. The van der Waals surface area contributed by atoms with Gasteiger partial charge in [0.15, 0.2) is 0 Å². The summed E-state index contributed by atoms with van der Waals surface area (Å²) in [5.74, 6) is 1.60. The number of rotatable bonds is 2. The van der Waals surface area contributed by atoms with E-state index in [1.54, 1.807) is 4.68 Å². The molecule has 0 aliphatic carbocycles. The average molecular weight is 217 g/mol. The highest BCUT2D eigenvalue weighted by Crippen LogP contribution is 2.23. The van der Waals surface area contributed by atoms with Crippen molar-refractivity contribution in [1.29, 1.82) is 0 Å². The summed E-state index contributed by atoms with van der Waals surface area (Å²) in [7, 11) is 3.75. The Hall–Kier alpha value is -1.91. The number of hydrogen-bond donors (Lipinski definition) is 1. The van der Waals surface area contributed by atoms with Crippen LogP contribution in [0.1, 0.15) is 11.4 Å². The molecule has 0 spiro atoms. The molecule has 2 aromatic heterocycles. The van der Waals surface area contributed by atoms with Crippen molar-refractivity contribution in [2.75, 3.05) is 12.4 Å². The van der Waals surface area contributed by atoms with Crippen LogP contribution in [0.5, 0.6) is 0 Å². The average Bonchev–Trinajstić information content (AvgIpc) is 2.67. The fourth-order valence-corrected chi connectivity index (χ4v) is 1.66. The van der Waals surface area contributed by atoms with Crippen molar-refractivity contribution in [3.63, 3.8) is 0 Å². The first-order chi connectivity index (χ1) is 7.61. The Morgan fingerprint density at radius 2 is 2.00 bits per heavy atom. The highest BCUT2D eigenvalue weighted by atomic mass is 15.3. The van der Waals surface area contributed by atoms with E-state index in [0.29, 0.717) is 0 Å². The molecule has 0 aromatic carbocycles. The first-order valence-electron chi connectivity index (χ1n) is 5.15. The predicted octanol–water partition coefficient (Wildman–Crippen LogP) is 1.54. The van der Waals surface area contributed by atoms with Crippen LogP contribution < -0.4 is 5.32 Å².